The molecule has 0 amide bonds. The molecule has 15 heavy (non-hydrogen) atoms. The lowest BCUT2D eigenvalue weighted by Crippen LogP contribution is -2.06. The maximum atomic E-state index is 10.5. The van der Waals surface area contributed by atoms with Gasteiger partial charge in [-0.2, -0.15) is 0 Å². The van der Waals surface area contributed by atoms with E-state index in [2.05, 4.69) is 5.32 Å². The molecule has 1 aromatic carbocycles. The topological polar surface area (TPSA) is 49.3 Å². The molecule has 3 nitrogen and oxygen atoms in total. The SMILES string of the molecule is O=S(O)CNc1ccc(C2CC2)c(Cl)c1. The van der Waals surface area contributed by atoms with Gasteiger partial charge in [-0.25, -0.2) is 4.21 Å². The summed E-state index contributed by atoms with van der Waals surface area (Å²) < 4.78 is 19.1. The van der Waals surface area contributed by atoms with E-state index in [1.807, 2.05) is 18.2 Å². The number of nitrogens with one attached hydrogen (secondary N) is 1. The van der Waals surface area contributed by atoms with E-state index in [1.165, 1.54) is 18.4 Å². The van der Waals surface area contributed by atoms with Gasteiger partial charge in [0.15, 0.2) is 11.1 Å². The van der Waals surface area contributed by atoms with E-state index in [-0.39, 0.29) is 5.88 Å². The highest BCUT2D eigenvalue weighted by atomic mass is 35.5. The summed E-state index contributed by atoms with van der Waals surface area (Å²) in [5.74, 6) is 0.651. The monoisotopic (exact) mass is 245 g/mol. The third-order valence-corrected chi connectivity index (χ3v) is 3.14. The minimum Gasteiger partial charge on any atom is -0.372 e. The average Bonchev–Trinajstić information content (AvgIpc) is 2.98. The number of benzene rings is 1. The molecule has 0 aliphatic heterocycles. The quantitative estimate of drug-likeness (QED) is 0.802. The molecule has 1 saturated carbocycles. The van der Waals surface area contributed by atoms with Crippen molar-refractivity contribution in [3.8, 4) is 0 Å². The van der Waals surface area contributed by atoms with E-state index in [4.69, 9.17) is 16.2 Å². The smallest absolute Gasteiger partial charge is 0.172 e. The minimum absolute atomic E-state index is 0.0269. The second-order valence-corrected chi connectivity index (χ2v) is 4.99. The molecule has 2 N–H and O–H groups in total. The molecule has 0 aromatic heterocycles. The van der Waals surface area contributed by atoms with Gasteiger partial charge < -0.3 is 9.87 Å². The maximum absolute atomic E-state index is 10.5. The highest BCUT2D eigenvalue weighted by Gasteiger charge is 2.25. The summed E-state index contributed by atoms with van der Waals surface area (Å²) in [5.41, 5.74) is 1.97. The zero-order valence-corrected chi connectivity index (χ0v) is 9.64. The van der Waals surface area contributed by atoms with Crippen LogP contribution in [0.25, 0.3) is 0 Å². The Hall–Kier alpha value is -0.580. The van der Waals surface area contributed by atoms with Crippen LogP contribution in [0, 0.1) is 0 Å². The van der Waals surface area contributed by atoms with Gasteiger partial charge in [0.1, 0.15) is 5.88 Å². The Morgan fingerprint density at radius 1 is 1.53 bits per heavy atom. The first-order valence-corrected chi connectivity index (χ1v) is 6.43. The molecule has 1 fully saturated rings. The van der Waals surface area contributed by atoms with E-state index in [1.54, 1.807) is 0 Å². The van der Waals surface area contributed by atoms with Gasteiger partial charge in [-0.1, -0.05) is 17.7 Å². The highest BCUT2D eigenvalue weighted by molar-refractivity contribution is 7.79. The standard InChI is InChI=1S/C10H12ClNO2S/c11-10-5-8(12-6-15(13)14)3-4-9(10)7-1-2-7/h3-5,7,12H,1-2,6H2,(H,13,14). The van der Waals surface area contributed by atoms with Crippen molar-refractivity contribution < 1.29 is 8.76 Å². The van der Waals surface area contributed by atoms with Crippen LogP contribution >= 0.6 is 11.6 Å². The van der Waals surface area contributed by atoms with Gasteiger partial charge in [0, 0.05) is 10.7 Å². The predicted molar refractivity (Wildman–Crippen MR) is 62.7 cm³/mol. The van der Waals surface area contributed by atoms with Crippen LogP contribution in [0.5, 0.6) is 0 Å². The van der Waals surface area contributed by atoms with Crippen molar-refractivity contribution in [1.29, 1.82) is 0 Å². The molecule has 0 bridgehead atoms. The van der Waals surface area contributed by atoms with Gasteiger partial charge in [0.2, 0.25) is 0 Å². The Balaban J connectivity index is 2.07. The summed E-state index contributed by atoms with van der Waals surface area (Å²) in [5, 5.41) is 3.58. The van der Waals surface area contributed by atoms with Crippen molar-refractivity contribution in [2.24, 2.45) is 0 Å². The fraction of sp³-hybridized carbons (Fsp3) is 0.400. The third-order valence-electron chi connectivity index (χ3n) is 2.42. The van der Waals surface area contributed by atoms with E-state index in [0.29, 0.717) is 5.92 Å². The first kappa shape index (κ1) is 10.9. The van der Waals surface area contributed by atoms with Crippen molar-refractivity contribution >= 4 is 28.4 Å². The second-order valence-electron chi connectivity index (χ2n) is 3.65. The second kappa shape index (κ2) is 4.51. The summed E-state index contributed by atoms with van der Waals surface area (Å²) in [6.07, 6.45) is 2.43. The molecule has 1 atom stereocenters. The largest absolute Gasteiger partial charge is 0.372 e. The molecule has 5 heteroatoms. The Morgan fingerprint density at radius 3 is 2.80 bits per heavy atom. The molecule has 0 saturated heterocycles. The van der Waals surface area contributed by atoms with Crippen molar-refractivity contribution in [2.45, 2.75) is 18.8 Å². The average molecular weight is 246 g/mol. The summed E-state index contributed by atoms with van der Waals surface area (Å²) in [4.78, 5) is 0. The van der Waals surface area contributed by atoms with E-state index in [9.17, 15) is 4.21 Å². The van der Waals surface area contributed by atoms with Crippen LogP contribution in [0.4, 0.5) is 5.69 Å². The highest BCUT2D eigenvalue weighted by Crippen LogP contribution is 2.43. The summed E-state index contributed by atoms with van der Waals surface area (Å²) in [7, 11) is 0. The molecule has 82 valence electrons. The van der Waals surface area contributed by atoms with Crippen LogP contribution in [0.3, 0.4) is 0 Å². The first-order valence-electron chi connectivity index (χ1n) is 4.77. The van der Waals surface area contributed by atoms with Gasteiger partial charge >= 0.3 is 0 Å². The summed E-state index contributed by atoms with van der Waals surface area (Å²) >= 11 is 4.27. The van der Waals surface area contributed by atoms with Crippen molar-refractivity contribution in [3.05, 3.63) is 28.8 Å². The summed E-state index contributed by atoms with van der Waals surface area (Å²) in [6, 6.07) is 5.69. The third kappa shape index (κ3) is 2.93. The fourth-order valence-electron chi connectivity index (χ4n) is 1.51. The molecule has 0 radical (unpaired) electrons. The molecule has 1 aromatic rings. The molecule has 1 unspecified atom stereocenters. The van der Waals surface area contributed by atoms with Gasteiger partial charge in [-0.05, 0) is 36.5 Å². The Kier molecular flexibility index (Phi) is 3.29. The van der Waals surface area contributed by atoms with Crippen molar-refractivity contribution in [3.63, 3.8) is 0 Å². The van der Waals surface area contributed by atoms with Crippen LogP contribution in [-0.4, -0.2) is 14.6 Å². The van der Waals surface area contributed by atoms with Gasteiger partial charge in [0.25, 0.3) is 0 Å². The number of hydrogen-bond acceptors (Lipinski definition) is 2. The van der Waals surface area contributed by atoms with Crippen LogP contribution in [0.15, 0.2) is 18.2 Å². The number of anilines is 1. The molecular formula is C10H12ClNO2S. The van der Waals surface area contributed by atoms with Crippen LogP contribution in [0.2, 0.25) is 5.02 Å². The van der Waals surface area contributed by atoms with E-state index >= 15 is 0 Å². The number of hydrogen-bond donors (Lipinski definition) is 2. The lowest BCUT2D eigenvalue weighted by molar-refractivity contribution is 0.566. The Bertz CT molecular complexity index is 393. The Labute approximate surface area is 96.1 Å². The van der Waals surface area contributed by atoms with E-state index < -0.39 is 11.1 Å². The van der Waals surface area contributed by atoms with Crippen LogP contribution in [0.1, 0.15) is 24.3 Å². The number of halogens is 1. The number of rotatable bonds is 4. The zero-order valence-electron chi connectivity index (χ0n) is 8.07. The first-order chi connectivity index (χ1) is 7.16. The Morgan fingerprint density at radius 2 is 2.27 bits per heavy atom. The zero-order chi connectivity index (χ0) is 10.8. The van der Waals surface area contributed by atoms with Crippen LogP contribution in [-0.2, 0) is 11.1 Å². The molecule has 1 aliphatic rings. The lowest BCUT2D eigenvalue weighted by Gasteiger charge is -2.07. The normalized spacial score (nSPS) is 17.5. The summed E-state index contributed by atoms with van der Waals surface area (Å²) in [6.45, 7) is 0. The fourth-order valence-corrected chi connectivity index (χ4v) is 2.13. The van der Waals surface area contributed by atoms with Gasteiger partial charge in [-0.3, -0.25) is 0 Å². The van der Waals surface area contributed by atoms with Crippen molar-refractivity contribution in [2.75, 3.05) is 11.2 Å². The molecular weight excluding hydrogens is 234 g/mol. The molecule has 1 aliphatic carbocycles. The maximum Gasteiger partial charge on any atom is 0.172 e. The predicted octanol–water partition coefficient (Wildman–Crippen LogP) is 2.81. The molecule has 0 spiro atoms. The van der Waals surface area contributed by atoms with Crippen LogP contribution < -0.4 is 5.32 Å². The van der Waals surface area contributed by atoms with Gasteiger partial charge in [0.05, 0.1) is 0 Å². The molecule has 2 rings (SSSR count). The van der Waals surface area contributed by atoms with Gasteiger partial charge in [-0.15, -0.1) is 0 Å². The van der Waals surface area contributed by atoms with E-state index in [0.717, 1.165) is 10.7 Å². The molecule has 0 heterocycles. The van der Waals surface area contributed by atoms with Crippen molar-refractivity contribution in [1.82, 2.24) is 0 Å². The minimum atomic E-state index is -1.83. The lowest BCUT2D eigenvalue weighted by atomic mass is 10.1.